The van der Waals surface area contributed by atoms with Crippen LogP contribution in [0.2, 0.25) is 0 Å². The zero-order valence-electron chi connectivity index (χ0n) is 18.2. The van der Waals surface area contributed by atoms with Gasteiger partial charge in [0.2, 0.25) is 0 Å². The van der Waals surface area contributed by atoms with Gasteiger partial charge >= 0.3 is 0 Å². The standard InChI is InChI=1S/C23H30FN3O3.HI/c1-4-25-23(26-13-17-6-8-21(28-3)20(24)12-17)27-14-18-7-5-16(2)11-22(18)30-19-9-10-29-15-19;/h5-8,11-12,19H,4,9-10,13-15H2,1-3H3,(H2,25,26,27);1H. The van der Waals surface area contributed by atoms with Crippen LogP contribution >= 0.6 is 24.0 Å². The quantitative estimate of drug-likeness (QED) is 0.297. The maximum Gasteiger partial charge on any atom is 0.191 e. The van der Waals surface area contributed by atoms with Gasteiger partial charge in [-0.05, 0) is 43.2 Å². The number of nitrogens with one attached hydrogen (secondary N) is 2. The predicted molar refractivity (Wildman–Crippen MR) is 131 cm³/mol. The van der Waals surface area contributed by atoms with E-state index in [1.54, 1.807) is 6.07 Å². The van der Waals surface area contributed by atoms with Crippen molar-refractivity contribution in [2.45, 2.75) is 39.5 Å². The van der Waals surface area contributed by atoms with Crippen molar-refractivity contribution in [2.75, 3.05) is 26.9 Å². The zero-order valence-corrected chi connectivity index (χ0v) is 20.6. The Balaban J connectivity index is 0.00000341. The summed E-state index contributed by atoms with van der Waals surface area (Å²) < 4.78 is 30.5. The number of guanidine groups is 1. The van der Waals surface area contributed by atoms with Crippen LogP contribution in [0.4, 0.5) is 4.39 Å². The summed E-state index contributed by atoms with van der Waals surface area (Å²) >= 11 is 0. The van der Waals surface area contributed by atoms with Crippen LogP contribution in [-0.4, -0.2) is 38.9 Å². The van der Waals surface area contributed by atoms with Crippen LogP contribution in [0.3, 0.4) is 0 Å². The molecule has 2 aromatic carbocycles. The smallest absolute Gasteiger partial charge is 0.191 e. The third-order valence-electron chi connectivity index (χ3n) is 4.83. The minimum atomic E-state index is -0.388. The topological polar surface area (TPSA) is 64.1 Å². The molecule has 1 aliphatic rings. The van der Waals surface area contributed by atoms with Crippen LogP contribution < -0.4 is 20.1 Å². The van der Waals surface area contributed by atoms with Crippen LogP contribution in [-0.2, 0) is 17.8 Å². The van der Waals surface area contributed by atoms with Crippen LogP contribution in [0.5, 0.6) is 11.5 Å². The molecule has 0 aromatic heterocycles. The van der Waals surface area contributed by atoms with Gasteiger partial charge in [-0.3, -0.25) is 0 Å². The molecule has 1 fully saturated rings. The van der Waals surface area contributed by atoms with Gasteiger partial charge in [0.25, 0.3) is 0 Å². The minimum Gasteiger partial charge on any atom is -0.494 e. The molecule has 0 spiro atoms. The molecule has 1 atom stereocenters. The van der Waals surface area contributed by atoms with Gasteiger partial charge in [-0.25, -0.2) is 9.38 Å². The van der Waals surface area contributed by atoms with Gasteiger partial charge in [0, 0.05) is 25.1 Å². The molecule has 0 radical (unpaired) electrons. The summed E-state index contributed by atoms with van der Waals surface area (Å²) in [7, 11) is 1.45. The van der Waals surface area contributed by atoms with Gasteiger partial charge in [-0.2, -0.15) is 0 Å². The molecule has 2 N–H and O–H groups in total. The van der Waals surface area contributed by atoms with Crippen molar-refractivity contribution < 1.29 is 18.6 Å². The lowest BCUT2D eigenvalue weighted by molar-refractivity contribution is 0.140. The molecule has 2 aromatic rings. The van der Waals surface area contributed by atoms with E-state index in [9.17, 15) is 4.39 Å². The highest BCUT2D eigenvalue weighted by Crippen LogP contribution is 2.24. The highest BCUT2D eigenvalue weighted by atomic mass is 127. The Kier molecular flexibility index (Phi) is 10.3. The average Bonchev–Trinajstić information content (AvgIpc) is 3.24. The van der Waals surface area contributed by atoms with Gasteiger partial charge in [-0.15, -0.1) is 24.0 Å². The zero-order chi connectivity index (χ0) is 21.3. The predicted octanol–water partition coefficient (Wildman–Crippen LogP) is 4.18. The molecule has 1 unspecified atom stereocenters. The molecule has 3 rings (SSSR count). The second kappa shape index (κ2) is 12.7. The fraction of sp³-hybridized carbons (Fsp3) is 0.435. The molecule has 0 aliphatic carbocycles. The van der Waals surface area contributed by atoms with Gasteiger partial charge in [-0.1, -0.05) is 18.2 Å². The molecular weight excluding hydrogens is 512 g/mol. The number of aliphatic imine (C=N–C) groups is 1. The Bertz CT molecular complexity index is 873. The molecule has 1 heterocycles. The van der Waals surface area contributed by atoms with Crippen molar-refractivity contribution in [1.29, 1.82) is 0 Å². The van der Waals surface area contributed by atoms with Crippen LogP contribution in [0.15, 0.2) is 41.4 Å². The van der Waals surface area contributed by atoms with Crippen molar-refractivity contribution >= 4 is 29.9 Å². The Morgan fingerprint density at radius 3 is 2.71 bits per heavy atom. The number of nitrogens with zero attached hydrogens (tertiary/aromatic N) is 1. The molecule has 0 saturated carbocycles. The summed E-state index contributed by atoms with van der Waals surface area (Å²) in [4.78, 5) is 4.57. The molecule has 31 heavy (non-hydrogen) atoms. The Morgan fingerprint density at radius 2 is 2.03 bits per heavy atom. The number of benzene rings is 2. The van der Waals surface area contributed by atoms with Crippen molar-refractivity contribution in [2.24, 2.45) is 4.99 Å². The number of methoxy groups -OCH3 is 1. The fourth-order valence-corrected chi connectivity index (χ4v) is 3.20. The maximum atomic E-state index is 13.9. The average molecular weight is 543 g/mol. The van der Waals surface area contributed by atoms with Gasteiger partial charge in [0.1, 0.15) is 11.9 Å². The third-order valence-corrected chi connectivity index (χ3v) is 4.83. The van der Waals surface area contributed by atoms with Crippen molar-refractivity contribution in [3.63, 3.8) is 0 Å². The van der Waals surface area contributed by atoms with E-state index < -0.39 is 0 Å². The molecule has 6 nitrogen and oxygen atoms in total. The summed E-state index contributed by atoms with van der Waals surface area (Å²) in [6, 6.07) is 11.1. The Hall–Kier alpha value is -2.07. The molecule has 0 bridgehead atoms. The van der Waals surface area contributed by atoms with E-state index in [-0.39, 0.29) is 41.6 Å². The van der Waals surface area contributed by atoms with Gasteiger partial charge in [0.05, 0.1) is 26.9 Å². The number of hydrogen-bond donors (Lipinski definition) is 2. The molecular formula is C23H31FIN3O3. The van der Waals surface area contributed by atoms with Crippen LogP contribution in [0.25, 0.3) is 0 Å². The molecule has 170 valence electrons. The van der Waals surface area contributed by atoms with Crippen LogP contribution in [0.1, 0.15) is 30.0 Å². The number of rotatable bonds is 8. The van der Waals surface area contributed by atoms with Crippen molar-refractivity contribution in [1.82, 2.24) is 10.6 Å². The third kappa shape index (κ3) is 7.53. The molecule has 0 amide bonds. The SMILES string of the molecule is CCNC(=NCc1ccc(OC)c(F)c1)NCc1ccc(C)cc1OC1CCOC1.I. The molecule has 1 aliphatic heterocycles. The lowest BCUT2D eigenvalue weighted by atomic mass is 10.1. The van der Waals surface area contributed by atoms with Crippen molar-refractivity contribution in [3.8, 4) is 11.5 Å². The summed E-state index contributed by atoms with van der Waals surface area (Å²) in [5.74, 6) is 1.36. The number of ether oxygens (including phenoxy) is 3. The van der Waals surface area contributed by atoms with E-state index in [0.29, 0.717) is 25.7 Å². The minimum absolute atomic E-state index is 0. The largest absolute Gasteiger partial charge is 0.494 e. The Morgan fingerprint density at radius 1 is 1.19 bits per heavy atom. The lowest BCUT2D eigenvalue weighted by Gasteiger charge is -2.18. The lowest BCUT2D eigenvalue weighted by Crippen LogP contribution is -2.37. The summed E-state index contributed by atoms with van der Waals surface area (Å²) in [5, 5.41) is 6.56. The first-order chi connectivity index (χ1) is 14.6. The summed E-state index contributed by atoms with van der Waals surface area (Å²) in [6.45, 7) is 7.06. The first-order valence-electron chi connectivity index (χ1n) is 10.3. The maximum absolute atomic E-state index is 13.9. The fourth-order valence-electron chi connectivity index (χ4n) is 3.20. The number of halogens is 2. The van der Waals surface area contributed by atoms with Gasteiger partial charge < -0.3 is 24.8 Å². The second-order valence-corrected chi connectivity index (χ2v) is 7.23. The van der Waals surface area contributed by atoms with E-state index in [0.717, 1.165) is 42.0 Å². The van der Waals surface area contributed by atoms with E-state index in [1.807, 2.05) is 13.0 Å². The first kappa shape index (κ1) is 25.2. The number of hydrogen-bond acceptors (Lipinski definition) is 4. The molecule has 1 saturated heterocycles. The number of aryl methyl sites for hydroxylation is 1. The van der Waals surface area contributed by atoms with Gasteiger partial charge in [0.15, 0.2) is 17.5 Å². The van der Waals surface area contributed by atoms with E-state index in [1.165, 1.54) is 13.2 Å². The highest BCUT2D eigenvalue weighted by Gasteiger charge is 2.18. The second-order valence-electron chi connectivity index (χ2n) is 7.23. The van der Waals surface area contributed by atoms with E-state index >= 15 is 0 Å². The van der Waals surface area contributed by atoms with E-state index in [4.69, 9.17) is 14.2 Å². The first-order valence-corrected chi connectivity index (χ1v) is 10.3. The molecule has 8 heteroatoms. The normalized spacial score (nSPS) is 15.9. The summed E-state index contributed by atoms with van der Waals surface area (Å²) in [5.41, 5.74) is 2.97. The highest BCUT2D eigenvalue weighted by molar-refractivity contribution is 14.0. The summed E-state index contributed by atoms with van der Waals surface area (Å²) in [6.07, 6.45) is 1.00. The Labute approximate surface area is 200 Å². The monoisotopic (exact) mass is 543 g/mol. The van der Waals surface area contributed by atoms with Crippen molar-refractivity contribution in [3.05, 3.63) is 58.9 Å². The van der Waals surface area contributed by atoms with E-state index in [2.05, 4.69) is 40.7 Å². The van der Waals surface area contributed by atoms with Crippen LogP contribution in [0, 0.1) is 12.7 Å².